The van der Waals surface area contributed by atoms with E-state index in [1.54, 1.807) is 18.5 Å². The molecule has 29 heavy (non-hydrogen) atoms. The monoisotopic (exact) mass is 411 g/mol. The van der Waals surface area contributed by atoms with Gasteiger partial charge in [0.15, 0.2) is 0 Å². The summed E-state index contributed by atoms with van der Waals surface area (Å²) in [7, 11) is 0. The topological polar surface area (TPSA) is 61.9 Å². The van der Waals surface area contributed by atoms with Gasteiger partial charge in [0.2, 0.25) is 0 Å². The molecule has 7 heteroatoms. The highest BCUT2D eigenvalue weighted by molar-refractivity contribution is 6.33. The zero-order valence-corrected chi connectivity index (χ0v) is 16.7. The second kappa shape index (κ2) is 9.20. The number of benzene rings is 1. The normalized spacial score (nSPS) is 14.6. The van der Waals surface area contributed by atoms with Gasteiger partial charge in [-0.3, -0.25) is 0 Å². The van der Waals surface area contributed by atoms with Gasteiger partial charge in [0.05, 0.1) is 5.02 Å². The third-order valence-corrected chi connectivity index (χ3v) is 5.28. The summed E-state index contributed by atoms with van der Waals surface area (Å²) < 4.78 is 13.4. The van der Waals surface area contributed by atoms with E-state index in [4.69, 9.17) is 11.6 Å². The predicted molar refractivity (Wildman–Crippen MR) is 116 cm³/mol. The molecule has 1 aromatic carbocycles. The van der Waals surface area contributed by atoms with E-state index in [1.165, 1.54) is 12.1 Å². The largest absolute Gasteiger partial charge is 0.367 e. The minimum Gasteiger partial charge on any atom is -0.367 e. The van der Waals surface area contributed by atoms with Gasteiger partial charge in [-0.25, -0.2) is 14.4 Å². The van der Waals surface area contributed by atoms with Crippen LogP contribution >= 0.6 is 11.6 Å². The molecule has 0 unspecified atom stereocenters. The molecular formula is C22H23ClFN5. The molecule has 5 nitrogen and oxygen atoms in total. The minimum absolute atomic E-state index is 0.247. The van der Waals surface area contributed by atoms with Crippen LogP contribution in [-0.2, 0) is 6.54 Å². The fourth-order valence-corrected chi connectivity index (χ4v) is 3.66. The average molecular weight is 412 g/mol. The molecule has 3 heterocycles. The second-order valence-electron chi connectivity index (χ2n) is 7.13. The van der Waals surface area contributed by atoms with Crippen molar-refractivity contribution in [2.75, 3.05) is 23.7 Å². The fourth-order valence-electron chi connectivity index (χ4n) is 3.45. The molecule has 0 saturated carbocycles. The van der Waals surface area contributed by atoms with Crippen LogP contribution in [0.15, 0.2) is 54.9 Å². The Bertz CT molecular complexity index is 975. The van der Waals surface area contributed by atoms with E-state index in [0.717, 1.165) is 48.4 Å². The molecule has 0 radical (unpaired) electrons. The number of halogens is 2. The summed E-state index contributed by atoms with van der Waals surface area (Å²) in [5, 5.41) is 10.7. The van der Waals surface area contributed by atoms with E-state index in [0.29, 0.717) is 23.4 Å². The lowest BCUT2D eigenvalue weighted by molar-refractivity contribution is 0.478. The lowest BCUT2D eigenvalue weighted by atomic mass is 10.1. The Morgan fingerprint density at radius 2 is 1.93 bits per heavy atom. The number of aromatic nitrogens is 2. The van der Waals surface area contributed by atoms with Crippen molar-refractivity contribution in [2.45, 2.75) is 25.4 Å². The van der Waals surface area contributed by atoms with Gasteiger partial charge >= 0.3 is 0 Å². The van der Waals surface area contributed by atoms with Crippen molar-refractivity contribution >= 4 is 23.2 Å². The number of hydrogen-bond donors (Lipinski definition) is 3. The average Bonchev–Trinajstić information content (AvgIpc) is 2.75. The number of anilines is 2. The van der Waals surface area contributed by atoms with Crippen molar-refractivity contribution in [3.63, 3.8) is 0 Å². The van der Waals surface area contributed by atoms with Gasteiger partial charge in [-0.1, -0.05) is 23.7 Å². The first kappa shape index (κ1) is 19.6. The second-order valence-corrected chi connectivity index (χ2v) is 7.54. The number of rotatable bonds is 6. The molecule has 150 valence electrons. The van der Waals surface area contributed by atoms with Crippen molar-refractivity contribution in [1.29, 1.82) is 0 Å². The molecule has 1 aliphatic heterocycles. The molecule has 4 rings (SSSR count). The number of pyridine rings is 2. The number of hydrogen-bond acceptors (Lipinski definition) is 5. The van der Waals surface area contributed by atoms with Gasteiger partial charge in [-0.05, 0) is 67.4 Å². The number of nitrogens with one attached hydrogen (secondary N) is 3. The Morgan fingerprint density at radius 1 is 1.07 bits per heavy atom. The zero-order valence-electron chi connectivity index (χ0n) is 16.0. The van der Waals surface area contributed by atoms with Crippen molar-refractivity contribution in [2.24, 2.45) is 0 Å². The van der Waals surface area contributed by atoms with Crippen LogP contribution in [0.1, 0.15) is 18.4 Å². The summed E-state index contributed by atoms with van der Waals surface area (Å²) in [5.41, 5.74) is 2.70. The molecule has 0 bridgehead atoms. The number of piperidine rings is 1. The molecule has 3 aromatic rings. The predicted octanol–water partition coefficient (Wildman–Crippen LogP) is 4.71. The van der Waals surface area contributed by atoms with Gasteiger partial charge in [-0.2, -0.15) is 0 Å². The van der Waals surface area contributed by atoms with Crippen LogP contribution in [0.3, 0.4) is 0 Å². The Morgan fingerprint density at radius 3 is 2.76 bits per heavy atom. The van der Waals surface area contributed by atoms with Crippen LogP contribution in [-0.4, -0.2) is 29.1 Å². The highest BCUT2D eigenvalue weighted by Gasteiger charge is 2.14. The third-order valence-electron chi connectivity index (χ3n) is 4.98. The molecule has 0 amide bonds. The minimum atomic E-state index is -0.247. The Balaban J connectivity index is 1.50. The van der Waals surface area contributed by atoms with Crippen LogP contribution in [0.25, 0.3) is 11.1 Å². The fraction of sp³-hybridized carbons (Fsp3) is 0.273. The summed E-state index contributed by atoms with van der Waals surface area (Å²) in [6.07, 6.45) is 5.56. The lowest BCUT2D eigenvalue weighted by Gasteiger charge is -2.24. The zero-order chi connectivity index (χ0) is 20.1. The maximum absolute atomic E-state index is 13.4. The molecule has 1 aliphatic rings. The first-order chi connectivity index (χ1) is 14.2. The van der Waals surface area contributed by atoms with Gasteiger partial charge in [0.25, 0.3) is 0 Å². The Kier molecular flexibility index (Phi) is 6.22. The first-order valence-electron chi connectivity index (χ1n) is 9.75. The van der Waals surface area contributed by atoms with Gasteiger partial charge in [-0.15, -0.1) is 0 Å². The standard InChI is InChI=1S/C22H23ClFN5/c23-20-14-28-22(29-18-5-7-25-8-6-18)12-19(20)16-4-9-26-21(11-16)27-13-15-2-1-3-17(24)10-15/h1-4,9-12,14,18,25H,5-8,13H2,(H,26,27)(H,28,29). The van der Waals surface area contributed by atoms with Gasteiger partial charge in [0.1, 0.15) is 17.5 Å². The molecule has 1 fully saturated rings. The van der Waals surface area contributed by atoms with Crippen LogP contribution in [0.2, 0.25) is 5.02 Å². The molecule has 0 aliphatic carbocycles. The van der Waals surface area contributed by atoms with Crippen LogP contribution in [0.4, 0.5) is 16.0 Å². The van der Waals surface area contributed by atoms with E-state index in [-0.39, 0.29) is 5.82 Å². The van der Waals surface area contributed by atoms with Gasteiger partial charge < -0.3 is 16.0 Å². The van der Waals surface area contributed by atoms with E-state index in [1.807, 2.05) is 24.3 Å². The highest BCUT2D eigenvalue weighted by Crippen LogP contribution is 2.30. The van der Waals surface area contributed by atoms with E-state index >= 15 is 0 Å². The molecule has 0 spiro atoms. The van der Waals surface area contributed by atoms with Crippen molar-refractivity contribution in [1.82, 2.24) is 15.3 Å². The maximum Gasteiger partial charge on any atom is 0.126 e. The Hall–Kier alpha value is -2.70. The first-order valence-corrected chi connectivity index (χ1v) is 10.1. The summed E-state index contributed by atoms with van der Waals surface area (Å²) in [4.78, 5) is 8.80. The lowest BCUT2D eigenvalue weighted by Crippen LogP contribution is -2.35. The SMILES string of the molecule is Fc1cccc(CNc2cc(-c3cc(NC4CCNCC4)ncc3Cl)ccn2)c1. The summed E-state index contributed by atoms with van der Waals surface area (Å²) in [5.74, 6) is 1.28. The molecule has 0 atom stereocenters. The van der Waals surface area contributed by atoms with Crippen LogP contribution in [0, 0.1) is 5.82 Å². The molecular weight excluding hydrogens is 389 g/mol. The Labute approximate surface area is 174 Å². The summed E-state index contributed by atoms with van der Waals surface area (Å²) >= 11 is 6.43. The quantitative estimate of drug-likeness (QED) is 0.548. The molecule has 1 saturated heterocycles. The van der Waals surface area contributed by atoms with Crippen LogP contribution in [0.5, 0.6) is 0 Å². The van der Waals surface area contributed by atoms with E-state index < -0.39 is 0 Å². The van der Waals surface area contributed by atoms with Crippen molar-refractivity contribution in [3.05, 3.63) is 71.3 Å². The summed E-state index contributed by atoms with van der Waals surface area (Å²) in [6.45, 7) is 2.52. The van der Waals surface area contributed by atoms with Crippen molar-refractivity contribution in [3.8, 4) is 11.1 Å². The molecule has 2 aromatic heterocycles. The summed E-state index contributed by atoms with van der Waals surface area (Å²) in [6, 6.07) is 12.8. The van der Waals surface area contributed by atoms with Gasteiger partial charge in [0, 0.05) is 30.5 Å². The van der Waals surface area contributed by atoms with E-state index in [2.05, 4.69) is 25.9 Å². The maximum atomic E-state index is 13.4. The number of nitrogens with zero attached hydrogens (tertiary/aromatic N) is 2. The van der Waals surface area contributed by atoms with E-state index in [9.17, 15) is 4.39 Å². The molecule has 3 N–H and O–H groups in total. The van der Waals surface area contributed by atoms with Crippen molar-refractivity contribution < 1.29 is 4.39 Å². The highest BCUT2D eigenvalue weighted by atomic mass is 35.5. The van der Waals surface area contributed by atoms with Crippen LogP contribution < -0.4 is 16.0 Å². The third kappa shape index (κ3) is 5.22. The smallest absolute Gasteiger partial charge is 0.126 e.